The molecule has 0 heterocycles. The van der Waals surface area contributed by atoms with Crippen molar-refractivity contribution in [2.45, 2.75) is 4.90 Å². The van der Waals surface area contributed by atoms with Crippen molar-refractivity contribution in [1.82, 2.24) is 0 Å². The van der Waals surface area contributed by atoms with Crippen LogP contribution in [0.5, 0.6) is 0 Å². The first-order chi connectivity index (χ1) is 5.74. The zero-order valence-electron chi connectivity index (χ0n) is 6.40. The van der Waals surface area contributed by atoms with Gasteiger partial charge in [-0.25, -0.2) is 4.21 Å². The molecule has 0 saturated carbocycles. The Morgan fingerprint density at radius 3 is 2.50 bits per heavy atom. The van der Waals surface area contributed by atoms with Crippen molar-refractivity contribution < 1.29 is 8.39 Å². The maximum absolute atomic E-state index is 11.1. The summed E-state index contributed by atoms with van der Waals surface area (Å²) in [5.74, 6) is 0. The van der Waals surface area contributed by atoms with Crippen molar-refractivity contribution in [1.29, 1.82) is 0 Å². The second-order valence-electron chi connectivity index (χ2n) is 2.07. The van der Waals surface area contributed by atoms with Crippen molar-refractivity contribution in [2.24, 2.45) is 0 Å². The molecule has 12 heavy (non-hydrogen) atoms. The molecule has 2 N–H and O–H groups in total. The third-order valence-electron chi connectivity index (χ3n) is 1.23. The zero-order valence-corrected chi connectivity index (χ0v) is 7.21. The number of hydrogen-bond acceptors (Lipinski definition) is 3. The molecule has 0 fully saturated rings. The molecule has 0 aliphatic rings. The van der Waals surface area contributed by atoms with Gasteiger partial charge in [0.25, 0.3) is 0 Å². The summed E-state index contributed by atoms with van der Waals surface area (Å²) >= 11 is -1.47. The summed E-state index contributed by atoms with van der Waals surface area (Å²) < 4.78 is 15.8. The maximum atomic E-state index is 11.1. The van der Waals surface area contributed by atoms with Gasteiger partial charge in [0.1, 0.15) is 0 Å². The van der Waals surface area contributed by atoms with Crippen LogP contribution in [0.4, 0.5) is 5.69 Å². The highest BCUT2D eigenvalue weighted by Gasteiger charge is 2.01. The van der Waals surface area contributed by atoms with E-state index in [-0.39, 0.29) is 0 Å². The summed E-state index contributed by atoms with van der Waals surface area (Å²) in [4.78, 5) is 0.573. The molecule has 0 bridgehead atoms. The van der Waals surface area contributed by atoms with Crippen LogP contribution in [0.1, 0.15) is 0 Å². The second-order valence-corrected chi connectivity index (χ2v) is 3.20. The molecule has 1 rings (SSSR count). The summed E-state index contributed by atoms with van der Waals surface area (Å²) in [5.41, 5.74) is 6.07. The number of nitrogen functional groups attached to an aromatic ring is 1. The summed E-state index contributed by atoms with van der Waals surface area (Å²) in [6, 6.07) is 6.63. The molecule has 1 unspecified atom stereocenters. The predicted octanol–water partition coefficient (Wildman–Crippen LogP) is 1.45. The van der Waals surface area contributed by atoms with Gasteiger partial charge in [-0.1, -0.05) is 6.58 Å². The lowest BCUT2D eigenvalue weighted by molar-refractivity contribution is 0.507. The molecule has 3 nitrogen and oxygen atoms in total. The van der Waals surface area contributed by atoms with E-state index in [2.05, 4.69) is 10.8 Å². The van der Waals surface area contributed by atoms with Gasteiger partial charge in [0.05, 0.1) is 11.2 Å². The lowest BCUT2D eigenvalue weighted by atomic mass is 10.3. The van der Waals surface area contributed by atoms with E-state index in [4.69, 9.17) is 5.73 Å². The molecule has 0 spiro atoms. The van der Waals surface area contributed by atoms with Gasteiger partial charge in [-0.2, -0.15) is 0 Å². The van der Waals surface area contributed by atoms with Crippen LogP contribution in [0.2, 0.25) is 0 Å². The fraction of sp³-hybridized carbons (Fsp3) is 0. The average molecular weight is 183 g/mol. The van der Waals surface area contributed by atoms with E-state index >= 15 is 0 Å². The minimum Gasteiger partial charge on any atom is -0.406 e. The first-order valence-electron chi connectivity index (χ1n) is 3.29. The van der Waals surface area contributed by atoms with Crippen molar-refractivity contribution in [3.8, 4) is 0 Å². The minimum absolute atomic E-state index is 0.573. The molecular formula is C8H9NO2S. The van der Waals surface area contributed by atoms with Crippen LogP contribution in [0.3, 0.4) is 0 Å². The van der Waals surface area contributed by atoms with Crippen molar-refractivity contribution in [3.05, 3.63) is 37.1 Å². The van der Waals surface area contributed by atoms with Crippen molar-refractivity contribution in [2.75, 3.05) is 5.73 Å². The third kappa shape index (κ3) is 2.10. The van der Waals surface area contributed by atoms with Crippen molar-refractivity contribution in [3.63, 3.8) is 0 Å². The first kappa shape index (κ1) is 8.80. The number of nitrogens with two attached hydrogens (primary N) is 1. The monoisotopic (exact) mass is 183 g/mol. The van der Waals surface area contributed by atoms with Gasteiger partial charge < -0.3 is 9.92 Å². The average Bonchev–Trinajstić information content (AvgIpc) is 2.06. The molecule has 1 aromatic carbocycles. The smallest absolute Gasteiger partial charge is 0.240 e. The number of anilines is 1. The van der Waals surface area contributed by atoms with E-state index in [1.54, 1.807) is 24.3 Å². The SMILES string of the molecule is C=COS(=O)c1ccc(N)cc1. The maximum Gasteiger partial charge on any atom is 0.240 e. The molecule has 64 valence electrons. The molecule has 0 radical (unpaired) electrons. The Kier molecular flexibility index (Phi) is 2.88. The topological polar surface area (TPSA) is 52.3 Å². The Bertz CT molecular complexity index is 294. The van der Waals surface area contributed by atoms with E-state index in [9.17, 15) is 4.21 Å². The highest BCUT2D eigenvalue weighted by molar-refractivity contribution is 7.80. The molecule has 1 atom stereocenters. The third-order valence-corrected chi connectivity index (χ3v) is 2.20. The van der Waals surface area contributed by atoms with Gasteiger partial charge in [-0.3, -0.25) is 0 Å². The number of rotatable bonds is 3. The van der Waals surface area contributed by atoms with Crippen molar-refractivity contribution >= 4 is 16.8 Å². The van der Waals surface area contributed by atoms with E-state index in [0.717, 1.165) is 6.26 Å². The zero-order chi connectivity index (χ0) is 8.97. The molecule has 1 aromatic rings. The fourth-order valence-corrected chi connectivity index (χ4v) is 1.29. The van der Waals surface area contributed by atoms with Gasteiger partial charge in [-0.05, 0) is 24.3 Å². The molecule has 0 aliphatic carbocycles. The predicted molar refractivity (Wildman–Crippen MR) is 48.5 cm³/mol. The summed E-state index contributed by atoms with van der Waals surface area (Å²) in [6.07, 6.45) is 1.15. The molecule has 0 saturated heterocycles. The standard InChI is InChI=1S/C8H9NO2S/c1-2-11-12(10)8-5-3-7(9)4-6-8/h2-6H,1,9H2. The first-order valence-corrected chi connectivity index (χ1v) is 4.37. The van der Waals surface area contributed by atoms with Crippen LogP contribution in [-0.2, 0) is 15.3 Å². The Hall–Kier alpha value is -1.29. The van der Waals surface area contributed by atoms with Gasteiger partial charge in [0, 0.05) is 5.69 Å². The largest absolute Gasteiger partial charge is 0.406 e. The van der Waals surface area contributed by atoms with Crippen LogP contribution in [0, 0.1) is 0 Å². The van der Waals surface area contributed by atoms with Crippen LogP contribution in [0.25, 0.3) is 0 Å². The summed E-state index contributed by atoms with van der Waals surface area (Å²) in [6.45, 7) is 3.30. The molecule has 0 amide bonds. The highest BCUT2D eigenvalue weighted by Crippen LogP contribution is 2.10. The fourth-order valence-electron chi connectivity index (χ4n) is 0.696. The van der Waals surface area contributed by atoms with Gasteiger partial charge in [0.15, 0.2) is 0 Å². The molecule has 0 aliphatic heterocycles. The van der Waals surface area contributed by atoms with E-state index < -0.39 is 11.1 Å². The number of hydrogen-bond donors (Lipinski definition) is 1. The molecule has 0 aromatic heterocycles. The number of benzene rings is 1. The lowest BCUT2D eigenvalue weighted by Crippen LogP contribution is -1.92. The lowest BCUT2D eigenvalue weighted by Gasteiger charge is -1.99. The van der Waals surface area contributed by atoms with E-state index in [1.165, 1.54) is 0 Å². The Balaban J connectivity index is 2.82. The van der Waals surface area contributed by atoms with Crippen LogP contribution in [-0.4, -0.2) is 4.21 Å². The highest BCUT2D eigenvalue weighted by atomic mass is 32.2. The van der Waals surface area contributed by atoms with Gasteiger partial charge >= 0.3 is 0 Å². The minimum atomic E-state index is -1.47. The van der Waals surface area contributed by atoms with Crippen LogP contribution >= 0.6 is 0 Å². The van der Waals surface area contributed by atoms with Gasteiger partial charge in [0.2, 0.25) is 11.1 Å². The summed E-state index contributed by atoms with van der Waals surface area (Å²) in [7, 11) is 0. The second kappa shape index (κ2) is 3.92. The van der Waals surface area contributed by atoms with E-state index in [0.29, 0.717) is 10.6 Å². The van der Waals surface area contributed by atoms with Crippen LogP contribution in [0.15, 0.2) is 42.0 Å². The Labute approximate surface area is 73.5 Å². The Morgan fingerprint density at radius 1 is 1.42 bits per heavy atom. The quantitative estimate of drug-likeness (QED) is 0.570. The molecule has 4 heteroatoms. The summed E-state index contributed by atoms with van der Waals surface area (Å²) in [5, 5.41) is 0. The van der Waals surface area contributed by atoms with Crippen LogP contribution < -0.4 is 5.73 Å². The Morgan fingerprint density at radius 2 is 2.00 bits per heavy atom. The van der Waals surface area contributed by atoms with Gasteiger partial charge in [-0.15, -0.1) is 0 Å². The van der Waals surface area contributed by atoms with E-state index in [1.807, 2.05) is 0 Å². The molecular weight excluding hydrogens is 174 g/mol. The normalized spacial score (nSPS) is 12.0.